The number of tetrazole rings is 1. The summed E-state index contributed by atoms with van der Waals surface area (Å²) in [7, 11) is 0. The summed E-state index contributed by atoms with van der Waals surface area (Å²) in [5, 5.41) is 13.6. The molecule has 0 N–H and O–H groups in total. The first-order valence-corrected chi connectivity index (χ1v) is 9.13. The number of hydrogen-bond donors (Lipinski definition) is 0. The Labute approximate surface area is 154 Å². The lowest BCUT2D eigenvalue weighted by Crippen LogP contribution is -2.07. The Morgan fingerprint density at radius 1 is 1.00 bits per heavy atom. The van der Waals surface area contributed by atoms with Crippen LogP contribution in [0.5, 0.6) is 0 Å². The van der Waals surface area contributed by atoms with Gasteiger partial charge in [0.1, 0.15) is 5.15 Å². The predicted octanol–water partition coefficient (Wildman–Crippen LogP) is 4.22. The smallest absolute Gasteiger partial charge is 0.161 e. The van der Waals surface area contributed by atoms with Crippen molar-refractivity contribution in [2.24, 2.45) is 0 Å². The molecule has 0 aliphatic carbocycles. The Balaban J connectivity index is 1.55. The van der Waals surface area contributed by atoms with Gasteiger partial charge < -0.3 is 0 Å². The van der Waals surface area contributed by atoms with Crippen molar-refractivity contribution >= 4 is 34.3 Å². The minimum atomic E-state index is 0.482. The molecular formula is C18H14ClN5S. The summed E-state index contributed by atoms with van der Waals surface area (Å²) < 4.78 is 1.77. The van der Waals surface area contributed by atoms with E-state index in [1.165, 1.54) is 4.90 Å². The van der Waals surface area contributed by atoms with Gasteiger partial charge >= 0.3 is 0 Å². The van der Waals surface area contributed by atoms with Crippen molar-refractivity contribution in [1.82, 2.24) is 25.2 Å². The zero-order chi connectivity index (χ0) is 17.1. The van der Waals surface area contributed by atoms with Crippen LogP contribution < -0.4 is 0 Å². The van der Waals surface area contributed by atoms with Gasteiger partial charge in [0.2, 0.25) is 0 Å². The van der Waals surface area contributed by atoms with E-state index in [0.717, 1.165) is 22.3 Å². The molecule has 2 heterocycles. The van der Waals surface area contributed by atoms with Crippen LogP contribution in [0.2, 0.25) is 5.15 Å². The van der Waals surface area contributed by atoms with Gasteiger partial charge in [-0.3, -0.25) is 0 Å². The number of halogens is 1. The zero-order valence-electron chi connectivity index (χ0n) is 13.2. The van der Waals surface area contributed by atoms with Gasteiger partial charge in [0.05, 0.1) is 17.8 Å². The highest BCUT2D eigenvalue weighted by Gasteiger charge is 2.11. The lowest BCUT2D eigenvalue weighted by Gasteiger charge is -2.08. The molecule has 0 aliphatic heterocycles. The lowest BCUT2D eigenvalue weighted by molar-refractivity contribution is 0.630. The Kier molecular flexibility index (Phi) is 4.63. The molecule has 4 aromatic rings. The highest BCUT2D eigenvalue weighted by atomic mass is 35.5. The molecule has 2 aromatic carbocycles. The Bertz CT molecular complexity index is 1000. The number of rotatable bonds is 5. The van der Waals surface area contributed by atoms with Gasteiger partial charge in [0.15, 0.2) is 5.82 Å². The first-order chi connectivity index (χ1) is 12.3. The maximum absolute atomic E-state index is 6.35. The number of aromatic nitrogens is 5. The summed E-state index contributed by atoms with van der Waals surface area (Å²) in [5.41, 5.74) is 1.78. The van der Waals surface area contributed by atoms with Gasteiger partial charge in [-0.05, 0) is 34.7 Å². The largest absolute Gasteiger partial charge is 0.236 e. The maximum Gasteiger partial charge on any atom is 0.161 e. The topological polar surface area (TPSA) is 56.5 Å². The molecule has 0 bridgehead atoms. The number of nitrogens with zero attached hydrogens (tertiary/aromatic N) is 5. The van der Waals surface area contributed by atoms with Crippen LogP contribution in [0.4, 0.5) is 0 Å². The third-order valence-electron chi connectivity index (χ3n) is 3.79. The lowest BCUT2D eigenvalue weighted by atomic mass is 10.1. The number of para-hydroxylation sites is 1. The monoisotopic (exact) mass is 367 g/mol. The molecule has 0 atom stereocenters. The summed E-state index contributed by atoms with van der Waals surface area (Å²) in [6.07, 6.45) is 0. The van der Waals surface area contributed by atoms with Crippen molar-refractivity contribution in [2.75, 3.05) is 0 Å². The van der Waals surface area contributed by atoms with Crippen molar-refractivity contribution in [3.8, 4) is 0 Å². The number of pyridine rings is 1. The van der Waals surface area contributed by atoms with E-state index in [-0.39, 0.29) is 0 Å². The van der Waals surface area contributed by atoms with E-state index in [0.29, 0.717) is 17.5 Å². The number of fused-ring (bicyclic) bond motifs is 1. The third kappa shape index (κ3) is 3.65. The van der Waals surface area contributed by atoms with Crippen LogP contribution in [0, 0.1) is 0 Å². The van der Waals surface area contributed by atoms with Crippen LogP contribution in [0.1, 0.15) is 11.4 Å². The van der Waals surface area contributed by atoms with E-state index in [1.54, 1.807) is 16.4 Å². The first-order valence-electron chi connectivity index (χ1n) is 7.76. The Morgan fingerprint density at radius 3 is 2.68 bits per heavy atom. The molecule has 7 heteroatoms. The fraction of sp³-hybridized carbons (Fsp3) is 0.111. The van der Waals surface area contributed by atoms with Crippen LogP contribution in [-0.2, 0) is 12.3 Å². The Morgan fingerprint density at radius 2 is 1.80 bits per heavy atom. The highest BCUT2D eigenvalue weighted by Crippen LogP contribution is 2.23. The van der Waals surface area contributed by atoms with Crippen molar-refractivity contribution in [3.63, 3.8) is 0 Å². The summed E-state index contributed by atoms with van der Waals surface area (Å²) in [6.45, 7) is 0.494. The molecule has 0 spiro atoms. The molecule has 0 aliphatic rings. The molecule has 0 amide bonds. The molecule has 0 fully saturated rings. The standard InChI is InChI=1S/C18H14ClN5S/c19-18-14(10-13-6-4-5-9-16(13)20-18)11-24-17(21-22-23-24)12-25-15-7-2-1-3-8-15/h1-10H,11-12H2. The first kappa shape index (κ1) is 16.1. The number of benzene rings is 2. The van der Waals surface area contributed by atoms with Gasteiger partial charge in [0.25, 0.3) is 0 Å². The van der Waals surface area contributed by atoms with Crippen LogP contribution >= 0.6 is 23.4 Å². The quantitative estimate of drug-likeness (QED) is 0.390. The SMILES string of the molecule is Clc1nc2ccccc2cc1Cn1nnnc1CSc1ccccc1. The highest BCUT2D eigenvalue weighted by molar-refractivity contribution is 7.98. The molecule has 5 nitrogen and oxygen atoms in total. The van der Waals surface area contributed by atoms with Crippen molar-refractivity contribution in [2.45, 2.75) is 17.2 Å². The molecule has 0 saturated heterocycles. The van der Waals surface area contributed by atoms with E-state index in [4.69, 9.17) is 11.6 Å². The number of hydrogen-bond acceptors (Lipinski definition) is 5. The predicted molar refractivity (Wildman–Crippen MR) is 99.7 cm³/mol. The normalized spacial score (nSPS) is 11.1. The van der Waals surface area contributed by atoms with E-state index in [2.05, 4.69) is 32.6 Å². The van der Waals surface area contributed by atoms with Crippen LogP contribution in [-0.4, -0.2) is 25.2 Å². The summed E-state index contributed by atoms with van der Waals surface area (Å²) in [5.74, 6) is 1.49. The molecule has 0 saturated carbocycles. The fourth-order valence-corrected chi connectivity index (χ4v) is 3.58. The number of thioether (sulfide) groups is 1. The van der Waals surface area contributed by atoms with E-state index < -0.39 is 0 Å². The van der Waals surface area contributed by atoms with Gasteiger partial charge in [0, 0.05) is 15.8 Å². The zero-order valence-corrected chi connectivity index (χ0v) is 14.8. The third-order valence-corrected chi connectivity index (χ3v) is 5.12. The van der Waals surface area contributed by atoms with Gasteiger partial charge in [-0.1, -0.05) is 48.0 Å². The maximum atomic E-state index is 6.35. The molecular weight excluding hydrogens is 354 g/mol. The second-order valence-corrected chi connectivity index (χ2v) is 6.89. The van der Waals surface area contributed by atoms with Crippen LogP contribution in [0.3, 0.4) is 0 Å². The molecule has 124 valence electrons. The summed E-state index contributed by atoms with van der Waals surface area (Å²) >= 11 is 8.04. The fourth-order valence-electron chi connectivity index (χ4n) is 2.52. The summed E-state index contributed by atoms with van der Waals surface area (Å²) in [6, 6.07) is 20.1. The molecule has 25 heavy (non-hydrogen) atoms. The Hall–Kier alpha value is -2.44. The van der Waals surface area contributed by atoms with Gasteiger partial charge in [-0.25, -0.2) is 9.67 Å². The molecule has 4 rings (SSSR count). The van der Waals surface area contributed by atoms with E-state index in [1.807, 2.05) is 48.5 Å². The van der Waals surface area contributed by atoms with Crippen LogP contribution in [0.15, 0.2) is 65.6 Å². The molecule has 0 unspecified atom stereocenters. The van der Waals surface area contributed by atoms with Crippen LogP contribution in [0.25, 0.3) is 10.9 Å². The summed E-state index contributed by atoms with van der Waals surface area (Å²) in [4.78, 5) is 5.64. The van der Waals surface area contributed by atoms with Crippen molar-refractivity contribution < 1.29 is 0 Å². The minimum Gasteiger partial charge on any atom is -0.236 e. The van der Waals surface area contributed by atoms with Gasteiger partial charge in [-0.15, -0.1) is 16.9 Å². The molecule has 2 aromatic heterocycles. The van der Waals surface area contributed by atoms with E-state index in [9.17, 15) is 0 Å². The molecule has 0 radical (unpaired) electrons. The van der Waals surface area contributed by atoms with Crippen molar-refractivity contribution in [3.05, 3.63) is 77.2 Å². The average molecular weight is 368 g/mol. The second kappa shape index (κ2) is 7.21. The van der Waals surface area contributed by atoms with Crippen molar-refractivity contribution in [1.29, 1.82) is 0 Å². The minimum absolute atomic E-state index is 0.482. The van der Waals surface area contributed by atoms with E-state index >= 15 is 0 Å². The average Bonchev–Trinajstić information content (AvgIpc) is 3.08. The second-order valence-electron chi connectivity index (χ2n) is 5.49. The van der Waals surface area contributed by atoms with Gasteiger partial charge in [-0.2, -0.15) is 0 Å².